The van der Waals surface area contributed by atoms with Crippen LogP contribution in [-0.2, 0) is 6.42 Å². The number of likely N-dealkylation sites (N-methyl/N-ethyl adjacent to an activating group) is 1. The van der Waals surface area contributed by atoms with E-state index in [-0.39, 0.29) is 22.2 Å². The van der Waals surface area contributed by atoms with Gasteiger partial charge in [0.15, 0.2) is 5.82 Å². The van der Waals surface area contributed by atoms with Crippen molar-refractivity contribution in [3.05, 3.63) is 39.2 Å². The third-order valence-electron chi connectivity index (χ3n) is 2.45. The van der Waals surface area contributed by atoms with Crippen LogP contribution in [-0.4, -0.2) is 28.7 Å². The molecule has 0 saturated heterocycles. The van der Waals surface area contributed by atoms with Gasteiger partial charge in [0.05, 0.1) is 4.92 Å². The number of nitro groups is 1. The van der Waals surface area contributed by atoms with Gasteiger partial charge in [0.1, 0.15) is 5.56 Å². The predicted molar refractivity (Wildman–Crippen MR) is 69.0 cm³/mol. The molecule has 0 bridgehead atoms. The summed E-state index contributed by atoms with van der Waals surface area (Å²) in [6.45, 7) is 0.696. The van der Waals surface area contributed by atoms with E-state index < -0.39 is 4.92 Å². The Kier molecular flexibility index (Phi) is 4.08. The molecule has 0 unspecified atom stereocenters. The van der Waals surface area contributed by atoms with Crippen molar-refractivity contribution >= 4 is 17.3 Å². The number of rotatable bonds is 5. The quantitative estimate of drug-likeness (QED) is 0.666. The van der Waals surface area contributed by atoms with Crippen LogP contribution >= 0.6 is 11.6 Å². The van der Waals surface area contributed by atoms with Gasteiger partial charge in [-0.15, -0.1) is 0 Å². The summed E-state index contributed by atoms with van der Waals surface area (Å²) in [5, 5.41) is 18.0. The third kappa shape index (κ3) is 3.07. The standard InChI is InChI=1S/C11H11ClN4O3/c1-13-5-4-10-14-11(19-15-10)8-3-2-7(12)6-9(8)16(17)18/h2-3,6,13H,4-5H2,1H3. The zero-order valence-corrected chi connectivity index (χ0v) is 10.8. The number of halogens is 1. The highest BCUT2D eigenvalue weighted by atomic mass is 35.5. The first-order valence-electron chi connectivity index (χ1n) is 5.53. The molecule has 7 nitrogen and oxygen atoms in total. The fourth-order valence-corrected chi connectivity index (χ4v) is 1.70. The van der Waals surface area contributed by atoms with Gasteiger partial charge in [-0.2, -0.15) is 4.98 Å². The summed E-state index contributed by atoms with van der Waals surface area (Å²) in [5.41, 5.74) is 0.105. The zero-order valence-electron chi connectivity index (χ0n) is 10.1. The highest BCUT2D eigenvalue weighted by molar-refractivity contribution is 6.30. The molecule has 1 aromatic heterocycles. The van der Waals surface area contributed by atoms with E-state index in [4.69, 9.17) is 16.1 Å². The molecule has 0 aliphatic rings. The highest BCUT2D eigenvalue weighted by Gasteiger charge is 2.20. The van der Waals surface area contributed by atoms with Crippen LogP contribution in [0, 0.1) is 10.1 Å². The average molecular weight is 283 g/mol. The third-order valence-corrected chi connectivity index (χ3v) is 2.69. The largest absolute Gasteiger partial charge is 0.334 e. The Bertz CT molecular complexity index is 599. The number of nitrogens with zero attached hydrogens (tertiary/aromatic N) is 3. The zero-order chi connectivity index (χ0) is 13.8. The summed E-state index contributed by atoms with van der Waals surface area (Å²) in [6.07, 6.45) is 0.585. The predicted octanol–water partition coefficient (Wildman–Crippen LogP) is 2.06. The van der Waals surface area contributed by atoms with Gasteiger partial charge in [-0.05, 0) is 19.2 Å². The van der Waals surface area contributed by atoms with E-state index >= 15 is 0 Å². The lowest BCUT2D eigenvalue weighted by Crippen LogP contribution is -2.11. The van der Waals surface area contributed by atoms with E-state index in [1.807, 2.05) is 7.05 Å². The molecule has 1 aromatic carbocycles. The summed E-state index contributed by atoms with van der Waals surface area (Å²) in [6, 6.07) is 4.30. The number of nitrogens with one attached hydrogen (secondary N) is 1. The molecule has 0 aliphatic carbocycles. The van der Waals surface area contributed by atoms with E-state index in [1.54, 1.807) is 6.07 Å². The van der Waals surface area contributed by atoms with E-state index in [2.05, 4.69) is 15.5 Å². The van der Waals surface area contributed by atoms with Crippen molar-refractivity contribution in [3.63, 3.8) is 0 Å². The lowest BCUT2D eigenvalue weighted by molar-refractivity contribution is -0.384. The molecule has 0 atom stereocenters. The monoisotopic (exact) mass is 282 g/mol. The van der Waals surface area contributed by atoms with Gasteiger partial charge < -0.3 is 9.84 Å². The molecule has 2 aromatic rings. The lowest BCUT2D eigenvalue weighted by atomic mass is 10.2. The van der Waals surface area contributed by atoms with Crippen LogP contribution in [0.1, 0.15) is 5.82 Å². The summed E-state index contributed by atoms with van der Waals surface area (Å²) >= 11 is 5.74. The van der Waals surface area contributed by atoms with Gasteiger partial charge in [0.25, 0.3) is 11.6 Å². The topological polar surface area (TPSA) is 94.1 Å². The summed E-state index contributed by atoms with van der Waals surface area (Å²) in [4.78, 5) is 14.6. The molecule has 8 heteroatoms. The molecular formula is C11H11ClN4O3. The van der Waals surface area contributed by atoms with Gasteiger partial charge in [0, 0.05) is 24.1 Å². The molecule has 0 spiro atoms. The van der Waals surface area contributed by atoms with Crippen LogP contribution in [0.25, 0.3) is 11.5 Å². The number of hydrogen-bond donors (Lipinski definition) is 1. The average Bonchev–Trinajstić information content (AvgIpc) is 2.84. The number of hydrogen-bond acceptors (Lipinski definition) is 6. The van der Waals surface area contributed by atoms with Crippen molar-refractivity contribution in [3.8, 4) is 11.5 Å². The molecule has 19 heavy (non-hydrogen) atoms. The van der Waals surface area contributed by atoms with Crippen LogP contribution in [0.3, 0.4) is 0 Å². The molecular weight excluding hydrogens is 272 g/mol. The Hall–Kier alpha value is -1.99. The summed E-state index contributed by atoms with van der Waals surface area (Å²) in [5.74, 6) is 0.614. The molecule has 100 valence electrons. The minimum absolute atomic E-state index is 0.120. The van der Waals surface area contributed by atoms with Crippen molar-refractivity contribution in [1.29, 1.82) is 0 Å². The van der Waals surface area contributed by atoms with Crippen molar-refractivity contribution in [2.45, 2.75) is 6.42 Å². The Labute approximate surface area is 113 Å². The van der Waals surface area contributed by atoms with E-state index in [0.717, 1.165) is 0 Å². The molecule has 0 radical (unpaired) electrons. The van der Waals surface area contributed by atoms with Crippen LogP contribution in [0.15, 0.2) is 22.7 Å². The molecule has 1 N–H and O–H groups in total. The molecule has 0 saturated carbocycles. The Morgan fingerprint density at radius 2 is 2.32 bits per heavy atom. The minimum atomic E-state index is -0.529. The Morgan fingerprint density at radius 3 is 3.00 bits per heavy atom. The van der Waals surface area contributed by atoms with E-state index in [0.29, 0.717) is 18.8 Å². The number of benzene rings is 1. The second-order valence-corrected chi connectivity index (χ2v) is 4.22. The van der Waals surface area contributed by atoms with Crippen molar-refractivity contribution < 1.29 is 9.45 Å². The summed E-state index contributed by atoms with van der Waals surface area (Å²) in [7, 11) is 1.81. The van der Waals surface area contributed by atoms with Gasteiger partial charge in [-0.1, -0.05) is 16.8 Å². The van der Waals surface area contributed by atoms with Gasteiger partial charge in [-0.25, -0.2) is 0 Å². The first-order valence-corrected chi connectivity index (χ1v) is 5.91. The maximum Gasteiger partial charge on any atom is 0.283 e. The molecule has 1 heterocycles. The lowest BCUT2D eigenvalue weighted by Gasteiger charge is -1.98. The molecule has 0 fully saturated rings. The normalized spacial score (nSPS) is 10.6. The van der Waals surface area contributed by atoms with Gasteiger partial charge in [0.2, 0.25) is 0 Å². The smallest absolute Gasteiger partial charge is 0.283 e. The fraction of sp³-hybridized carbons (Fsp3) is 0.273. The first-order chi connectivity index (χ1) is 9.11. The highest BCUT2D eigenvalue weighted by Crippen LogP contribution is 2.31. The van der Waals surface area contributed by atoms with Crippen molar-refractivity contribution in [1.82, 2.24) is 15.5 Å². The SMILES string of the molecule is CNCCc1noc(-c2ccc(Cl)cc2[N+](=O)[O-])n1. The van der Waals surface area contributed by atoms with Gasteiger partial charge >= 0.3 is 0 Å². The first kappa shape index (κ1) is 13.4. The van der Waals surface area contributed by atoms with Crippen molar-refractivity contribution in [2.24, 2.45) is 0 Å². The number of nitro benzene ring substituents is 1. The maximum absolute atomic E-state index is 11.0. The van der Waals surface area contributed by atoms with Crippen molar-refractivity contribution in [2.75, 3.05) is 13.6 Å². The van der Waals surface area contributed by atoms with Crippen LogP contribution in [0.4, 0.5) is 5.69 Å². The second-order valence-electron chi connectivity index (χ2n) is 3.79. The van der Waals surface area contributed by atoms with Crippen LogP contribution < -0.4 is 5.32 Å². The van der Waals surface area contributed by atoms with E-state index in [9.17, 15) is 10.1 Å². The Morgan fingerprint density at radius 1 is 1.53 bits per heavy atom. The van der Waals surface area contributed by atoms with E-state index in [1.165, 1.54) is 12.1 Å². The molecule has 0 amide bonds. The minimum Gasteiger partial charge on any atom is -0.334 e. The van der Waals surface area contributed by atoms with Gasteiger partial charge in [-0.3, -0.25) is 10.1 Å². The number of aromatic nitrogens is 2. The molecule has 2 rings (SSSR count). The Balaban J connectivity index is 2.36. The van der Waals surface area contributed by atoms with Crippen LogP contribution in [0.5, 0.6) is 0 Å². The van der Waals surface area contributed by atoms with Crippen LogP contribution in [0.2, 0.25) is 5.02 Å². The second kappa shape index (κ2) is 5.77. The summed E-state index contributed by atoms with van der Waals surface area (Å²) < 4.78 is 5.04. The maximum atomic E-state index is 11.0. The fourth-order valence-electron chi connectivity index (χ4n) is 1.54. The molecule has 0 aliphatic heterocycles.